The smallest absolute Gasteiger partial charge is 0.323 e. The van der Waals surface area contributed by atoms with E-state index in [9.17, 15) is 4.79 Å². The summed E-state index contributed by atoms with van der Waals surface area (Å²) in [5.41, 5.74) is 2.58. The first-order valence-electron chi connectivity index (χ1n) is 5.32. The number of aliphatic hydroxyl groups excluding tert-OH is 1. The number of benzene rings is 1. The molecule has 5 heteroatoms. The summed E-state index contributed by atoms with van der Waals surface area (Å²) in [5, 5.41) is 11.8. The van der Waals surface area contributed by atoms with E-state index in [0.29, 0.717) is 0 Å². The van der Waals surface area contributed by atoms with E-state index in [4.69, 9.17) is 5.11 Å². The maximum atomic E-state index is 11.0. The lowest BCUT2D eigenvalue weighted by atomic mass is 10.2. The quantitative estimate of drug-likeness (QED) is 0.549. The van der Waals surface area contributed by atoms with Gasteiger partial charge in [-0.05, 0) is 30.7 Å². The molecule has 0 unspecified atom stereocenters. The fraction of sp³-hybridized carbons (Fsp3) is 0.364. The van der Waals surface area contributed by atoms with E-state index in [-0.39, 0.29) is 12.3 Å². The van der Waals surface area contributed by atoms with E-state index in [1.807, 2.05) is 18.2 Å². The van der Waals surface area contributed by atoms with Crippen molar-refractivity contribution >= 4 is 11.0 Å². The molecular formula is C11H15N3O2. The third kappa shape index (κ3) is 2.50. The van der Waals surface area contributed by atoms with Crippen molar-refractivity contribution in [1.82, 2.24) is 15.3 Å². The van der Waals surface area contributed by atoms with E-state index in [0.717, 1.165) is 36.1 Å². The molecule has 4 N–H and O–H groups in total. The Bertz CT molecular complexity index is 515. The topological polar surface area (TPSA) is 80.9 Å². The molecule has 1 aromatic heterocycles. The van der Waals surface area contributed by atoms with Gasteiger partial charge < -0.3 is 20.4 Å². The lowest BCUT2D eigenvalue weighted by Gasteiger charge is -2.03. The number of aliphatic hydroxyl groups is 1. The molecule has 2 rings (SSSR count). The number of aromatic nitrogens is 2. The minimum Gasteiger partial charge on any atom is -0.396 e. The van der Waals surface area contributed by atoms with E-state index >= 15 is 0 Å². The molecule has 0 radical (unpaired) electrons. The van der Waals surface area contributed by atoms with Crippen LogP contribution in [0.25, 0.3) is 11.0 Å². The summed E-state index contributed by atoms with van der Waals surface area (Å²) in [5.74, 6) is 0. The first-order chi connectivity index (χ1) is 7.79. The predicted molar refractivity (Wildman–Crippen MR) is 62.3 cm³/mol. The van der Waals surface area contributed by atoms with E-state index in [1.165, 1.54) is 0 Å². The number of aromatic amines is 2. The maximum absolute atomic E-state index is 11.0. The zero-order valence-electron chi connectivity index (χ0n) is 8.92. The van der Waals surface area contributed by atoms with Crippen molar-refractivity contribution in [3.05, 3.63) is 34.2 Å². The number of rotatable bonds is 5. The molecule has 0 amide bonds. The summed E-state index contributed by atoms with van der Waals surface area (Å²) in [7, 11) is 0. The van der Waals surface area contributed by atoms with Gasteiger partial charge in [-0.15, -0.1) is 0 Å². The van der Waals surface area contributed by atoms with E-state index < -0.39 is 0 Å². The molecule has 0 aliphatic carbocycles. The molecule has 1 heterocycles. The normalized spacial score (nSPS) is 11.1. The molecule has 0 fully saturated rings. The molecule has 0 atom stereocenters. The molecule has 86 valence electrons. The van der Waals surface area contributed by atoms with Gasteiger partial charge in [-0.1, -0.05) is 6.07 Å². The summed E-state index contributed by atoms with van der Waals surface area (Å²) in [6.45, 7) is 1.73. The Morgan fingerprint density at radius 1 is 1.25 bits per heavy atom. The summed E-state index contributed by atoms with van der Waals surface area (Å²) >= 11 is 0. The standard InChI is InChI=1S/C11H15N3O2/c15-5-1-4-12-7-8-2-3-9-10(6-8)14-11(16)13-9/h2-3,6,12,15H,1,4-5,7H2,(H2,13,14,16). The second kappa shape index (κ2) is 4.96. The van der Waals surface area contributed by atoms with E-state index in [1.54, 1.807) is 0 Å². The molecule has 0 bridgehead atoms. The molecule has 1 aromatic carbocycles. The van der Waals surface area contributed by atoms with Gasteiger partial charge >= 0.3 is 5.69 Å². The Morgan fingerprint density at radius 2 is 2.06 bits per heavy atom. The summed E-state index contributed by atoms with van der Waals surface area (Å²) in [4.78, 5) is 16.5. The van der Waals surface area contributed by atoms with Gasteiger partial charge in [-0.25, -0.2) is 4.79 Å². The second-order valence-electron chi connectivity index (χ2n) is 3.71. The molecule has 0 aliphatic heterocycles. The fourth-order valence-electron chi connectivity index (χ4n) is 1.63. The zero-order valence-corrected chi connectivity index (χ0v) is 8.92. The molecule has 16 heavy (non-hydrogen) atoms. The number of hydrogen-bond donors (Lipinski definition) is 4. The van der Waals surface area contributed by atoms with Gasteiger partial charge in [0.1, 0.15) is 0 Å². The van der Waals surface area contributed by atoms with Gasteiger partial charge in [0.15, 0.2) is 0 Å². The van der Waals surface area contributed by atoms with Gasteiger partial charge in [-0.3, -0.25) is 0 Å². The average molecular weight is 221 g/mol. The fourth-order valence-corrected chi connectivity index (χ4v) is 1.63. The number of hydrogen-bond acceptors (Lipinski definition) is 3. The molecule has 0 aliphatic rings. The van der Waals surface area contributed by atoms with Crippen LogP contribution in [0.1, 0.15) is 12.0 Å². The Hall–Kier alpha value is -1.59. The number of H-pyrrole nitrogens is 2. The van der Waals surface area contributed by atoms with Crippen LogP contribution in [0.5, 0.6) is 0 Å². The SMILES string of the molecule is O=c1[nH]c2ccc(CNCCCO)cc2[nH]1. The minimum absolute atomic E-state index is 0.180. The number of imidazole rings is 1. The Balaban J connectivity index is 2.04. The molecule has 0 saturated heterocycles. The van der Waals surface area contributed by atoms with Gasteiger partial charge in [0.2, 0.25) is 0 Å². The van der Waals surface area contributed by atoms with Gasteiger partial charge in [0.25, 0.3) is 0 Å². The third-order valence-corrected chi connectivity index (χ3v) is 2.42. The number of fused-ring (bicyclic) bond motifs is 1. The molecule has 0 spiro atoms. The van der Waals surface area contributed by atoms with Crippen molar-refractivity contribution in [3.63, 3.8) is 0 Å². The van der Waals surface area contributed by atoms with Crippen molar-refractivity contribution in [3.8, 4) is 0 Å². The van der Waals surface area contributed by atoms with Gasteiger partial charge in [-0.2, -0.15) is 0 Å². The highest BCUT2D eigenvalue weighted by atomic mass is 16.3. The average Bonchev–Trinajstić information content (AvgIpc) is 2.64. The van der Waals surface area contributed by atoms with Crippen molar-refractivity contribution < 1.29 is 5.11 Å². The largest absolute Gasteiger partial charge is 0.396 e. The van der Waals surface area contributed by atoms with Crippen molar-refractivity contribution in [1.29, 1.82) is 0 Å². The van der Waals surface area contributed by atoms with Crippen molar-refractivity contribution in [2.45, 2.75) is 13.0 Å². The summed E-state index contributed by atoms with van der Waals surface area (Å²) in [6.07, 6.45) is 0.753. The molecule has 2 aromatic rings. The van der Waals surface area contributed by atoms with E-state index in [2.05, 4.69) is 15.3 Å². The van der Waals surface area contributed by atoms with Gasteiger partial charge in [0, 0.05) is 13.2 Å². The first kappa shape index (κ1) is 10.9. The highest BCUT2D eigenvalue weighted by Gasteiger charge is 1.99. The molecular weight excluding hydrogens is 206 g/mol. The van der Waals surface area contributed by atoms with Crippen LogP contribution in [0.15, 0.2) is 23.0 Å². The van der Waals surface area contributed by atoms with Crippen LogP contribution < -0.4 is 11.0 Å². The van der Waals surface area contributed by atoms with Crippen LogP contribution in [0.3, 0.4) is 0 Å². The minimum atomic E-state index is -0.180. The Morgan fingerprint density at radius 3 is 2.88 bits per heavy atom. The predicted octanol–water partition coefficient (Wildman–Crippen LogP) is 0.328. The number of nitrogens with one attached hydrogen (secondary N) is 3. The third-order valence-electron chi connectivity index (χ3n) is 2.42. The second-order valence-corrected chi connectivity index (χ2v) is 3.71. The lowest BCUT2D eigenvalue weighted by molar-refractivity contribution is 0.286. The molecule has 5 nitrogen and oxygen atoms in total. The Labute approximate surface area is 92.5 Å². The molecule has 0 saturated carbocycles. The van der Waals surface area contributed by atoms with Crippen molar-refractivity contribution in [2.24, 2.45) is 0 Å². The van der Waals surface area contributed by atoms with Crippen LogP contribution >= 0.6 is 0 Å². The summed E-state index contributed by atoms with van der Waals surface area (Å²) < 4.78 is 0. The lowest BCUT2D eigenvalue weighted by Crippen LogP contribution is -2.15. The Kier molecular flexibility index (Phi) is 3.38. The highest BCUT2D eigenvalue weighted by Crippen LogP contribution is 2.09. The monoisotopic (exact) mass is 221 g/mol. The van der Waals surface area contributed by atoms with Gasteiger partial charge in [0.05, 0.1) is 11.0 Å². The van der Waals surface area contributed by atoms with Crippen LogP contribution in [0.4, 0.5) is 0 Å². The van der Waals surface area contributed by atoms with Crippen LogP contribution in [-0.2, 0) is 6.54 Å². The zero-order chi connectivity index (χ0) is 11.4. The van der Waals surface area contributed by atoms with Crippen LogP contribution in [0.2, 0.25) is 0 Å². The van der Waals surface area contributed by atoms with Crippen LogP contribution in [-0.4, -0.2) is 28.2 Å². The highest BCUT2D eigenvalue weighted by molar-refractivity contribution is 5.74. The summed E-state index contributed by atoms with van der Waals surface area (Å²) in [6, 6.07) is 5.80. The first-order valence-corrected chi connectivity index (χ1v) is 5.32. The maximum Gasteiger partial charge on any atom is 0.323 e. The van der Waals surface area contributed by atoms with Crippen LogP contribution in [0, 0.1) is 0 Å². The van der Waals surface area contributed by atoms with Crippen molar-refractivity contribution in [2.75, 3.05) is 13.2 Å².